The summed E-state index contributed by atoms with van der Waals surface area (Å²) in [4.78, 5) is 17.0. The van der Waals surface area contributed by atoms with E-state index in [0.29, 0.717) is 43.0 Å². The molecule has 1 aliphatic carbocycles. The average molecular weight is 447 g/mol. The molecule has 0 spiro atoms. The largest absolute Gasteiger partial charge is 0.335 e. The molecule has 5 nitrogen and oxygen atoms in total. The van der Waals surface area contributed by atoms with E-state index in [1.54, 1.807) is 4.90 Å². The van der Waals surface area contributed by atoms with Crippen LogP contribution in [0.4, 0.5) is 4.39 Å². The molecule has 5 rings (SSSR count). The molecule has 2 saturated heterocycles. The molecule has 1 N–H and O–H groups in total. The summed E-state index contributed by atoms with van der Waals surface area (Å²) in [5, 5.41) is 13.2. The Morgan fingerprint density at radius 2 is 1.79 bits per heavy atom. The predicted octanol–water partition coefficient (Wildman–Crippen LogP) is 3.79. The summed E-state index contributed by atoms with van der Waals surface area (Å²) in [6.07, 6.45) is 3.90. The number of halogens is 1. The van der Waals surface area contributed by atoms with Crippen LogP contribution in [-0.4, -0.2) is 60.0 Å². The Kier molecular flexibility index (Phi) is 6.18. The molecule has 0 radical (unpaired) electrons. The van der Waals surface area contributed by atoms with Gasteiger partial charge >= 0.3 is 0 Å². The van der Waals surface area contributed by atoms with Gasteiger partial charge in [0.2, 0.25) is 0 Å². The molecule has 2 atom stereocenters. The van der Waals surface area contributed by atoms with Gasteiger partial charge in [-0.1, -0.05) is 30.3 Å². The number of amides is 1. The third kappa shape index (κ3) is 4.66. The lowest BCUT2D eigenvalue weighted by atomic mass is 9.81. The third-order valence-electron chi connectivity index (χ3n) is 7.73. The van der Waals surface area contributed by atoms with Gasteiger partial charge in [-0.25, -0.2) is 4.39 Å². The van der Waals surface area contributed by atoms with Crippen molar-refractivity contribution in [1.82, 2.24) is 15.1 Å². The van der Waals surface area contributed by atoms with Crippen LogP contribution in [-0.2, 0) is 0 Å². The molecule has 1 saturated carbocycles. The SMILES string of the molecule is N#CCC1(N2CCC(CNC3CC3c3ccccc3)CC2)CN(C(=O)c2ccc(F)cc2)C1. The van der Waals surface area contributed by atoms with Crippen LogP contribution >= 0.6 is 0 Å². The van der Waals surface area contributed by atoms with E-state index >= 15 is 0 Å². The monoisotopic (exact) mass is 446 g/mol. The van der Waals surface area contributed by atoms with Crippen LogP contribution < -0.4 is 5.32 Å². The van der Waals surface area contributed by atoms with Crippen molar-refractivity contribution < 1.29 is 9.18 Å². The van der Waals surface area contributed by atoms with Crippen molar-refractivity contribution in [3.8, 4) is 6.07 Å². The summed E-state index contributed by atoms with van der Waals surface area (Å²) in [5.41, 5.74) is 1.70. The highest BCUT2D eigenvalue weighted by Gasteiger charge is 2.50. The zero-order chi connectivity index (χ0) is 22.8. The summed E-state index contributed by atoms with van der Waals surface area (Å²) < 4.78 is 13.2. The Morgan fingerprint density at radius 1 is 1.09 bits per heavy atom. The molecular weight excluding hydrogens is 415 g/mol. The van der Waals surface area contributed by atoms with Crippen molar-refractivity contribution in [2.24, 2.45) is 5.92 Å². The van der Waals surface area contributed by atoms with Gasteiger partial charge in [-0.2, -0.15) is 5.26 Å². The Labute approximate surface area is 195 Å². The normalized spacial score (nSPS) is 24.7. The zero-order valence-corrected chi connectivity index (χ0v) is 18.9. The molecule has 33 heavy (non-hydrogen) atoms. The standard InChI is InChI=1S/C27H31FN4O/c28-23-8-6-22(7-9-23)26(33)31-18-27(19-31,12-13-29)32-14-10-20(11-15-32)17-30-25-16-24(25)21-4-2-1-3-5-21/h1-9,20,24-25,30H,10-12,14-19H2. The molecule has 0 bridgehead atoms. The second-order valence-corrected chi connectivity index (χ2v) is 9.93. The molecule has 0 aromatic heterocycles. The van der Waals surface area contributed by atoms with Gasteiger partial charge in [0, 0.05) is 30.6 Å². The zero-order valence-electron chi connectivity index (χ0n) is 18.9. The summed E-state index contributed by atoms with van der Waals surface area (Å²) in [7, 11) is 0. The fraction of sp³-hybridized carbons (Fsp3) is 0.481. The maximum absolute atomic E-state index is 13.2. The first kappa shape index (κ1) is 22.1. The first-order valence-corrected chi connectivity index (χ1v) is 12.0. The van der Waals surface area contributed by atoms with Crippen LogP contribution in [0.25, 0.3) is 0 Å². The Morgan fingerprint density at radius 3 is 2.45 bits per heavy atom. The van der Waals surface area contributed by atoms with Crippen LogP contribution in [0, 0.1) is 23.1 Å². The molecule has 2 unspecified atom stereocenters. The highest BCUT2D eigenvalue weighted by Crippen LogP contribution is 2.41. The molecular formula is C27H31FN4O. The third-order valence-corrected chi connectivity index (χ3v) is 7.73. The number of likely N-dealkylation sites (tertiary alicyclic amines) is 2. The average Bonchev–Trinajstić information content (AvgIpc) is 3.61. The van der Waals surface area contributed by atoms with Crippen molar-refractivity contribution in [2.75, 3.05) is 32.7 Å². The molecule has 2 aliphatic heterocycles. The minimum absolute atomic E-state index is 0.0833. The first-order valence-electron chi connectivity index (χ1n) is 12.0. The topological polar surface area (TPSA) is 59.4 Å². The van der Waals surface area contributed by atoms with Gasteiger partial charge in [0.1, 0.15) is 5.82 Å². The van der Waals surface area contributed by atoms with Gasteiger partial charge in [0.15, 0.2) is 0 Å². The van der Waals surface area contributed by atoms with Gasteiger partial charge in [-0.3, -0.25) is 9.69 Å². The van der Waals surface area contributed by atoms with E-state index < -0.39 is 0 Å². The maximum Gasteiger partial charge on any atom is 0.253 e. The summed E-state index contributed by atoms with van der Waals surface area (Å²) >= 11 is 0. The van der Waals surface area contributed by atoms with Gasteiger partial charge in [0.25, 0.3) is 5.91 Å². The Hall–Kier alpha value is -2.75. The van der Waals surface area contributed by atoms with Crippen LogP contribution in [0.1, 0.15) is 47.5 Å². The van der Waals surface area contributed by atoms with Crippen LogP contribution in [0.15, 0.2) is 54.6 Å². The molecule has 2 aromatic rings. The number of nitrogens with one attached hydrogen (secondary N) is 1. The van der Waals surface area contributed by atoms with E-state index in [0.717, 1.165) is 32.5 Å². The van der Waals surface area contributed by atoms with Crippen molar-refractivity contribution in [1.29, 1.82) is 5.26 Å². The number of nitrogens with zero attached hydrogens (tertiary/aromatic N) is 3. The Balaban J connectivity index is 1.10. The quantitative estimate of drug-likeness (QED) is 0.703. The molecule has 172 valence electrons. The van der Waals surface area contributed by atoms with Gasteiger partial charge in [-0.05, 0) is 74.6 Å². The van der Waals surface area contributed by atoms with E-state index in [-0.39, 0.29) is 17.3 Å². The van der Waals surface area contributed by atoms with Crippen molar-refractivity contribution >= 4 is 5.91 Å². The number of carbonyl (C=O) groups is 1. The number of nitriles is 1. The predicted molar refractivity (Wildman–Crippen MR) is 125 cm³/mol. The highest BCUT2D eigenvalue weighted by atomic mass is 19.1. The lowest BCUT2D eigenvalue weighted by Gasteiger charge is -2.56. The van der Waals surface area contributed by atoms with Crippen LogP contribution in [0.2, 0.25) is 0 Å². The number of hydrogen-bond acceptors (Lipinski definition) is 4. The number of hydrogen-bond donors (Lipinski definition) is 1. The number of benzene rings is 2. The fourth-order valence-corrected chi connectivity index (χ4v) is 5.57. The number of rotatable bonds is 7. The summed E-state index contributed by atoms with van der Waals surface area (Å²) in [6, 6.07) is 19.4. The van der Waals surface area contributed by atoms with Gasteiger partial charge in [0.05, 0.1) is 18.0 Å². The minimum Gasteiger partial charge on any atom is -0.335 e. The second kappa shape index (κ2) is 9.24. The molecule has 3 aliphatic rings. The molecule has 2 heterocycles. The summed E-state index contributed by atoms with van der Waals surface area (Å²) in [5.74, 6) is 0.892. The lowest BCUT2D eigenvalue weighted by molar-refractivity contribution is -0.0522. The van der Waals surface area contributed by atoms with Crippen molar-refractivity contribution in [3.05, 3.63) is 71.5 Å². The van der Waals surface area contributed by atoms with Crippen LogP contribution in [0.3, 0.4) is 0 Å². The van der Waals surface area contributed by atoms with Crippen molar-refractivity contribution in [3.63, 3.8) is 0 Å². The minimum atomic E-state index is -0.344. The fourth-order valence-electron chi connectivity index (χ4n) is 5.57. The number of piperidine rings is 1. The van der Waals surface area contributed by atoms with E-state index in [2.05, 4.69) is 46.6 Å². The van der Waals surface area contributed by atoms with Crippen LogP contribution in [0.5, 0.6) is 0 Å². The molecule has 2 aromatic carbocycles. The molecule has 3 fully saturated rings. The first-order chi connectivity index (χ1) is 16.1. The van der Waals surface area contributed by atoms with E-state index in [4.69, 9.17) is 0 Å². The van der Waals surface area contributed by atoms with Gasteiger partial charge in [-0.15, -0.1) is 0 Å². The van der Waals surface area contributed by atoms with Gasteiger partial charge < -0.3 is 10.2 Å². The number of carbonyl (C=O) groups excluding carboxylic acids is 1. The Bertz CT molecular complexity index is 1000. The van der Waals surface area contributed by atoms with E-state index in [9.17, 15) is 14.4 Å². The van der Waals surface area contributed by atoms with E-state index in [1.165, 1.54) is 36.2 Å². The van der Waals surface area contributed by atoms with Crippen molar-refractivity contribution in [2.45, 2.75) is 43.2 Å². The molecule has 1 amide bonds. The second-order valence-electron chi connectivity index (χ2n) is 9.93. The van der Waals surface area contributed by atoms with E-state index in [1.807, 2.05) is 0 Å². The molecule has 6 heteroatoms. The smallest absolute Gasteiger partial charge is 0.253 e. The summed E-state index contributed by atoms with van der Waals surface area (Å²) in [6.45, 7) is 4.14. The maximum atomic E-state index is 13.2. The lowest BCUT2D eigenvalue weighted by Crippen LogP contribution is -2.72. The highest BCUT2D eigenvalue weighted by molar-refractivity contribution is 5.95.